The molecule has 2 aromatic carbocycles. The third kappa shape index (κ3) is 3.54. The van der Waals surface area contributed by atoms with Gasteiger partial charge in [0.15, 0.2) is 0 Å². The van der Waals surface area contributed by atoms with Crippen molar-refractivity contribution in [2.75, 3.05) is 12.0 Å². The van der Waals surface area contributed by atoms with Crippen molar-refractivity contribution in [2.45, 2.75) is 13.5 Å². The van der Waals surface area contributed by atoms with Gasteiger partial charge in [-0.05, 0) is 36.8 Å². The van der Waals surface area contributed by atoms with Gasteiger partial charge in [-0.2, -0.15) is 8.78 Å². The Kier molecular flexibility index (Phi) is 4.93. The Hall–Kier alpha value is -3.40. The molecule has 0 atom stereocenters. The van der Waals surface area contributed by atoms with E-state index < -0.39 is 12.7 Å². The molecule has 1 amide bonds. The van der Waals surface area contributed by atoms with Gasteiger partial charge in [-0.15, -0.1) is 11.3 Å². The maximum absolute atomic E-state index is 12.8. The van der Waals surface area contributed by atoms with E-state index in [1.54, 1.807) is 36.7 Å². The van der Waals surface area contributed by atoms with Crippen molar-refractivity contribution >= 4 is 50.1 Å². The molecular formula is C19H14F2N4O3S. The number of hydrogen-bond donors (Lipinski definition) is 0. The van der Waals surface area contributed by atoms with E-state index in [0.717, 1.165) is 22.0 Å². The zero-order valence-electron chi connectivity index (χ0n) is 15.3. The van der Waals surface area contributed by atoms with Gasteiger partial charge in [-0.3, -0.25) is 0 Å². The zero-order chi connectivity index (χ0) is 20.5. The summed E-state index contributed by atoms with van der Waals surface area (Å²) in [5.41, 5.74) is 4.79. The maximum Gasteiger partial charge on any atom is 0.418 e. The lowest BCUT2D eigenvalue weighted by atomic mass is 10.1. The van der Waals surface area contributed by atoms with Crippen LogP contribution in [0, 0.1) is 6.92 Å². The second-order valence-corrected chi connectivity index (χ2v) is 6.88. The van der Waals surface area contributed by atoms with Crippen LogP contribution in [-0.4, -0.2) is 34.8 Å². The van der Waals surface area contributed by atoms with Crippen molar-refractivity contribution in [1.82, 2.24) is 15.0 Å². The van der Waals surface area contributed by atoms with Gasteiger partial charge in [0.1, 0.15) is 5.52 Å². The Morgan fingerprint density at radius 3 is 2.76 bits per heavy atom. The number of rotatable bonds is 4. The molecule has 4 aromatic rings. The highest BCUT2D eigenvalue weighted by molar-refractivity contribution is 7.17. The SMILES string of the molecule is COC(=O)N(c1cc(C)cc2nc(OC(F)F)cnc12)c1cccc2ncsc12. The van der Waals surface area contributed by atoms with Crippen LogP contribution in [0.1, 0.15) is 5.56 Å². The van der Waals surface area contributed by atoms with Crippen LogP contribution in [0.3, 0.4) is 0 Å². The first-order chi connectivity index (χ1) is 14.0. The summed E-state index contributed by atoms with van der Waals surface area (Å²) in [6, 6.07) is 8.82. The maximum atomic E-state index is 12.8. The van der Waals surface area contributed by atoms with Gasteiger partial charge in [0.05, 0.1) is 45.9 Å². The minimum absolute atomic E-state index is 0.307. The molecule has 0 aliphatic carbocycles. The van der Waals surface area contributed by atoms with Crippen LogP contribution in [0.4, 0.5) is 25.0 Å². The standard InChI is InChI=1S/C19H14F2N4O3S/c1-10-6-12-16(22-8-15(24-12)28-18(20)21)14(7-10)25(19(26)27-2)13-5-3-4-11-17(13)29-9-23-11/h3-9,18H,1-2H3. The molecule has 10 heteroatoms. The summed E-state index contributed by atoms with van der Waals surface area (Å²) < 4.78 is 35.2. The van der Waals surface area contributed by atoms with Crippen molar-refractivity contribution in [3.8, 4) is 5.88 Å². The fraction of sp³-hybridized carbons (Fsp3) is 0.158. The lowest BCUT2D eigenvalue weighted by Gasteiger charge is -2.23. The van der Waals surface area contributed by atoms with Crippen molar-refractivity contribution in [1.29, 1.82) is 0 Å². The number of aryl methyl sites for hydroxylation is 1. The Morgan fingerprint density at radius 2 is 2.00 bits per heavy atom. The molecular weight excluding hydrogens is 402 g/mol. The number of amides is 1. The number of nitrogens with zero attached hydrogens (tertiary/aromatic N) is 4. The van der Waals surface area contributed by atoms with Gasteiger partial charge in [0, 0.05) is 0 Å². The summed E-state index contributed by atoms with van der Waals surface area (Å²) in [5, 5.41) is 0. The Morgan fingerprint density at radius 1 is 1.17 bits per heavy atom. The molecule has 0 spiro atoms. The van der Waals surface area contributed by atoms with Gasteiger partial charge in [0.25, 0.3) is 0 Å². The second-order valence-electron chi connectivity index (χ2n) is 6.02. The molecule has 2 heterocycles. The number of carbonyl (C=O) groups excluding carboxylic acids is 1. The molecule has 2 aromatic heterocycles. The molecule has 0 unspecified atom stereocenters. The van der Waals surface area contributed by atoms with E-state index in [2.05, 4.69) is 19.7 Å². The highest BCUT2D eigenvalue weighted by atomic mass is 32.1. The summed E-state index contributed by atoms with van der Waals surface area (Å²) >= 11 is 1.38. The van der Waals surface area contributed by atoms with Crippen molar-refractivity contribution in [3.05, 3.63) is 47.6 Å². The summed E-state index contributed by atoms with van der Waals surface area (Å²) in [4.78, 5) is 26.7. The fourth-order valence-electron chi connectivity index (χ4n) is 3.01. The van der Waals surface area contributed by atoms with Crippen LogP contribution in [0.5, 0.6) is 5.88 Å². The quantitative estimate of drug-likeness (QED) is 0.463. The van der Waals surface area contributed by atoms with E-state index in [1.807, 2.05) is 6.07 Å². The van der Waals surface area contributed by atoms with E-state index in [9.17, 15) is 13.6 Å². The Balaban J connectivity index is 1.95. The van der Waals surface area contributed by atoms with Crippen LogP contribution in [0.15, 0.2) is 42.0 Å². The third-order valence-corrected chi connectivity index (χ3v) is 5.00. The minimum atomic E-state index is -3.01. The number of benzene rings is 2. The van der Waals surface area contributed by atoms with Crippen LogP contribution < -0.4 is 9.64 Å². The highest BCUT2D eigenvalue weighted by Gasteiger charge is 2.25. The number of alkyl halides is 2. The molecule has 0 radical (unpaired) electrons. The third-order valence-electron chi connectivity index (χ3n) is 4.13. The molecule has 4 rings (SSSR count). The number of aromatic nitrogens is 3. The van der Waals surface area contributed by atoms with Crippen molar-refractivity contribution in [2.24, 2.45) is 0 Å². The predicted octanol–water partition coefficient (Wildman–Crippen LogP) is 5.05. The second kappa shape index (κ2) is 7.55. The minimum Gasteiger partial charge on any atom is -0.452 e. The largest absolute Gasteiger partial charge is 0.452 e. The molecule has 29 heavy (non-hydrogen) atoms. The monoisotopic (exact) mass is 416 g/mol. The molecule has 7 nitrogen and oxygen atoms in total. The van der Waals surface area contributed by atoms with Gasteiger partial charge in [-0.1, -0.05) is 6.07 Å². The predicted molar refractivity (Wildman–Crippen MR) is 105 cm³/mol. The first kappa shape index (κ1) is 18.9. The number of halogens is 2. The van der Waals surface area contributed by atoms with E-state index in [0.29, 0.717) is 22.4 Å². The fourth-order valence-corrected chi connectivity index (χ4v) is 3.80. The highest BCUT2D eigenvalue weighted by Crippen LogP contribution is 2.38. The molecule has 0 bridgehead atoms. The van der Waals surface area contributed by atoms with Crippen molar-refractivity contribution in [3.63, 3.8) is 0 Å². The average Bonchev–Trinajstić information content (AvgIpc) is 3.16. The molecule has 0 aliphatic rings. The molecule has 0 fully saturated rings. The Labute approximate surface area is 167 Å². The summed E-state index contributed by atoms with van der Waals surface area (Å²) in [7, 11) is 1.28. The smallest absolute Gasteiger partial charge is 0.418 e. The van der Waals surface area contributed by atoms with Crippen LogP contribution in [0.25, 0.3) is 21.3 Å². The van der Waals surface area contributed by atoms with Crippen LogP contribution in [-0.2, 0) is 4.74 Å². The lowest BCUT2D eigenvalue weighted by Crippen LogP contribution is -2.26. The van der Waals surface area contributed by atoms with E-state index in [4.69, 9.17) is 4.74 Å². The topological polar surface area (TPSA) is 77.4 Å². The van der Waals surface area contributed by atoms with Gasteiger partial charge < -0.3 is 9.47 Å². The normalized spacial score (nSPS) is 11.2. The van der Waals surface area contributed by atoms with Gasteiger partial charge in [-0.25, -0.2) is 24.6 Å². The molecule has 0 aliphatic heterocycles. The van der Waals surface area contributed by atoms with E-state index >= 15 is 0 Å². The molecule has 0 saturated carbocycles. The lowest BCUT2D eigenvalue weighted by molar-refractivity contribution is -0.0528. The first-order valence-electron chi connectivity index (χ1n) is 8.40. The number of fused-ring (bicyclic) bond motifs is 2. The number of carbonyl (C=O) groups is 1. The molecule has 148 valence electrons. The number of anilines is 2. The zero-order valence-corrected chi connectivity index (χ0v) is 16.1. The molecule has 0 N–H and O–H groups in total. The van der Waals surface area contributed by atoms with Gasteiger partial charge in [0.2, 0.25) is 5.88 Å². The first-order valence-corrected chi connectivity index (χ1v) is 9.28. The van der Waals surface area contributed by atoms with Crippen LogP contribution >= 0.6 is 11.3 Å². The number of methoxy groups -OCH3 is 1. The summed E-state index contributed by atoms with van der Waals surface area (Å²) in [5.74, 6) is -0.307. The number of ether oxygens (including phenoxy) is 2. The number of thiazole rings is 1. The van der Waals surface area contributed by atoms with Crippen molar-refractivity contribution < 1.29 is 23.0 Å². The molecule has 0 saturated heterocycles. The summed E-state index contributed by atoms with van der Waals surface area (Å²) in [6.45, 7) is -1.21. The van der Waals surface area contributed by atoms with E-state index in [-0.39, 0.29) is 5.88 Å². The Bertz CT molecular complexity index is 1210. The average molecular weight is 416 g/mol. The number of hydrogen-bond acceptors (Lipinski definition) is 7. The van der Waals surface area contributed by atoms with Gasteiger partial charge >= 0.3 is 12.7 Å². The van der Waals surface area contributed by atoms with E-state index in [1.165, 1.54) is 23.3 Å². The van der Waals surface area contributed by atoms with Crippen LogP contribution in [0.2, 0.25) is 0 Å². The summed E-state index contributed by atoms with van der Waals surface area (Å²) in [6.07, 6.45) is 0.461.